The Morgan fingerprint density at radius 3 is 0.366 bits per heavy atom. The van der Waals surface area contributed by atoms with E-state index >= 15 is 0 Å². The molecule has 0 N–H and O–H groups in total. The molecular weight excluding hydrogens is 790 g/mol. The Balaban J connectivity index is -0.0000000469. The fraction of sp³-hybridized carbons (Fsp3) is 1.00. The van der Waals surface area contributed by atoms with Gasteiger partial charge in [-0.25, -0.2) is 0 Å². The Kier molecular flexibility index (Phi) is 61.8. The van der Waals surface area contributed by atoms with Crippen molar-refractivity contribution < 1.29 is 0 Å². The molecule has 0 amide bonds. The molecular formula is C28H84Ge2Si11. The molecule has 0 aliphatic carbocycles. The van der Waals surface area contributed by atoms with Crippen molar-refractivity contribution in [3.05, 3.63) is 0 Å². The molecule has 0 fully saturated rings. The van der Waals surface area contributed by atoms with Crippen molar-refractivity contribution in [1.82, 2.24) is 0 Å². The smallest absolute Gasteiger partial charge is 0.0379 e. The Hall–Kier alpha value is 3.47. The van der Waals surface area contributed by atoms with E-state index in [-0.39, 0.29) is 105 Å². The van der Waals surface area contributed by atoms with Crippen molar-refractivity contribution in [3.8, 4) is 0 Å². The first-order valence-corrected chi connectivity index (χ1v) is 51.0. The second-order valence-corrected chi connectivity index (χ2v) is 80.6. The fourth-order valence-electron chi connectivity index (χ4n) is 2.03. The first-order chi connectivity index (χ1) is 16.8. The van der Waals surface area contributed by atoms with Crippen LogP contribution in [0.3, 0.4) is 0 Å². The normalized spacial score (nSPS) is 10.8. The van der Waals surface area contributed by atoms with Crippen molar-refractivity contribution >= 4 is 126 Å². The van der Waals surface area contributed by atoms with E-state index in [1.165, 1.54) is 0 Å². The zero-order valence-electron chi connectivity index (χ0n) is 34.5. The minimum absolute atomic E-state index is 0. The first-order valence-electron chi connectivity index (χ1n) is 15.0. The third-order valence-electron chi connectivity index (χ3n) is 5.62. The van der Waals surface area contributed by atoms with Gasteiger partial charge in [-0.3, -0.25) is 0 Å². The Labute approximate surface area is 306 Å². The number of hydrogen-bond acceptors (Lipinski definition) is 0. The Bertz CT molecular complexity index is 385. The van der Waals surface area contributed by atoms with Crippen LogP contribution < -0.4 is 0 Å². The summed E-state index contributed by atoms with van der Waals surface area (Å²) in [6.07, 6.45) is 0. The molecule has 0 aliphatic heterocycles. The van der Waals surface area contributed by atoms with E-state index < -0.39 is 21.3 Å². The van der Waals surface area contributed by atoms with Crippen LogP contribution in [0.25, 0.3) is 0 Å². The molecule has 0 saturated heterocycles. The second kappa shape index (κ2) is 37.9. The molecule has 0 rings (SSSR count). The van der Waals surface area contributed by atoms with Gasteiger partial charge < -0.3 is 0 Å². The average molecular weight is 875 g/mol. The molecule has 248 valence electrons. The molecule has 0 atom stereocenters. The quantitative estimate of drug-likeness (QED) is 0.247. The number of rotatable bonds is 4. The van der Waals surface area contributed by atoms with Gasteiger partial charge in [0.25, 0.3) is 0 Å². The van der Waals surface area contributed by atoms with Gasteiger partial charge in [0.05, 0.1) is 0 Å². The molecule has 41 heavy (non-hydrogen) atoms. The van der Waals surface area contributed by atoms with Crippen LogP contribution >= 0.6 is 0 Å². The van der Waals surface area contributed by atoms with E-state index in [4.69, 9.17) is 0 Å². The van der Waals surface area contributed by atoms with Crippen molar-refractivity contribution in [3.63, 3.8) is 0 Å². The SMILES string of the molecule is C[Si](C)C.C[Si](C)C.C[Si](C)C.C[Si](C)C.C[Si](C)C.C[Si](C)C.C[Si](C)[Si](C)(C)[Si](C)(C)[Si](C)(C)[Si](C)C.[Ge].[Ge]. The summed E-state index contributed by atoms with van der Waals surface area (Å²) in [6.45, 7) is 67.5. The molecule has 13 heteroatoms. The van der Waals surface area contributed by atoms with Crippen molar-refractivity contribution in [1.29, 1.82) is 0 Å². The Morgan fingerprint density at radius 1 is 0.244 bits per heavy atom. The topological polar surface area (TPSA) is 0 Å². The van der Waals surface area contributed by atoms with Crippen LogP contribution in [0.1, 0.15) is 0 Å². The van der Waals surface area contributed by atoms with Gasteiger partial charge in [-0.2, -0.15) is 0 Å². The van der Waals surface area contributed by atoms with E-state index in [0.717, 1.165) is 0 Å². The van der Waals surface area contributed by atoms with Gasteiger partial charge in [0.2, 0.25) is 0 Å². The molecule has 16 radical (unpaired) electrons. The molecule has 0 unspecified atom stereocenters. The van der Waals surface area contributed by atoms with Crippen LogP contribution in [0, 0.1) is 0 Å². The van der Waals surface area contributed by atoms with Gasteiger partial charge in [0.1, 0.15) is 0 Å². The zero-order valence-corrected chi connectivity index (χ0v) is 49.7. The molecule has 0 aromatic carbocycles. The standard InChI is InChI=1S/C10H30Si5.6C3H9Si.2Ge/c1-11(2)13(5,6)15(9,10)14(7,8)12(3)4;6*1-4(2)3;;/h1-10H3;6*1-3H3;;. The minimum atomic E-state index is -0.916. The van der Waals surface area contributed by atoms with E-state index in [1.54, 1.807) is 0 Å². The van der Waals surface area contributed by atoms with E-state index in [1.807, 2.05) is 0 Å². The molecule has 0 aromatic rings. The molecule has 0 aliphatic rings. The molecule has 0 nitrogen and oxygen atoms in total. The summed E-state index contributed by atoms with van der Waals surface area (Å²) in [4.78, 5) is 0. The maximum atomic E-state index is 2.75. The Morgan fingerprint density at radius 2 is 0.317 bits per heavy atom. The van der Waals surface area contributed by atoms with Crippen LogP contribution in [0.5, 0.6) is 0 Å². The fourth-order valence-corrected chi connectivity index (χ4v) is 88.6. The monoisotopic (exact) mass is 876 g/mol. The summed E-state index contributed by atoms with van der Waals surface area (Å²) in [5, 5.41) is 0. The molecule has 0 saturated carbocycles. The van der Waals surface area contributed by atoms with Gasteiger partial charge in [-0.1, -0.05) is 183 Å². The van der Waals surface area contributed by atoms with Crippen LogP contribution in [0.2, 0.25) is 183 Å². The molecule has 0 heterocycles. The summed E-state index contributed by atoms with van der Waals surface area (Å²) in [6, 6.07) is 0. The summed E-state index contributed by atoms with van der Waals surface area (Å²) in [5.74, 6) is 0. The summed E-state index contributed by atoms with van der Waals surface area (Å²) in [7, 11) is -2.01. The van der Waals surface area contributed by atoms with Gasteiger partial charge in [-0.05, 0) is 0 Å². The largest absolute Gasteiger partial charge is 0.0735 e. The van der Waals surface area contributed by atoms with Gasteiger partial charge in [0, 0.05) is 126 Å². The predicted molar refractivity (Wildman–Crippen MR) is 239 cm³/mol. The minimum Gasteiger partial charge on any atom is -0.0735 e. The maximum absolute atomic E-state index is 2.75. The van der Waals surface area contributed by atoms with Gasteiger partial charge in [0.15, 0.2) is 0 Å². The van der Waals surface area contributed by atoms with Crippen LogP contribution in [0.4, 0.5) is 0 Å². The summed E-state index contributed by atoms with van der Waals surface area (Å²) >= 11 is 0. The van der Waals surface area contributed by atoms with E-state index in [0.29, 0.717) is 0 Å². The van der Waals surface area contributed by atoms with Crippen LogP contribution in [-0.2, 0) is 0 Å². The number of hydrogen-bond donors (Lipinski definition) is 0. The average Bonchev–Trinajstić information content (AvgIpc) is 2.58. The van der Waals surface area contributed by atoms with Crippen LogP contribution in [-0.4, -0.2) is 126 Å². The van der Waals surface area contributed by atoms with Crippen molar-refractivity contribution in [2.45, 2.75) is 183 Å². The van der Waals surface area contributed by atoms with Crippen molar-refractivity contribution in [2.75, 3.05) is 0 Å². The predicted octanol–water partition coefficient (Wildman–Crippen LogP) is 11.4. The third-order valence-corrected chi connectivity index (χ3v) is 86.6. The van der Waals surface area contributed by atoms with E-state index in [2.05, 4.69) is 183 Å². The van der Waals surface area contributed by atoms with Gasteiger partial charge >= 0.3 is 0 Å². The molecule has 0 spiro atoms. The van der Waals surface area contributed by atoms with E-state index in [9.17, 15) is 0 Å². The molecule has 0 bridgehead atoms. The second-order valence-electron chi connectivity index (χ2n) is 15.9. The van der Waals surface area contributed by atoms with Crippen LogP contribution in [0.15, 0.2) is 0 Å². The first kappa shape index (κ1) is 66.8. The van der Waals surface area contributed by atoms with Crippen molar-refractivity contribution in [2.24, 2.45) is 0 Å². The van der Waals surface area contributed by atoms with Gasteiger partial charge in [-0.15, -0.1) is 0 Å². The third kappa shape index (κ3) is 66.7. The maximum Gasteiger partial charge on any atom is 0.0379 e. The summed E-state index contributed by atoms with van der Waals surface area (Å²) in [5.41, 5.74) is 0. The molecule has 0 aromatic heterocycles. The summed E-state index contributed by atoms with van der Waals surface area (Å²) < 4.78 is 0. The zero-order chi connectivity index (χ0) is 34.1.